The molecule has 4 nitrogen and oxygen atoms in total. The predicted octanol–water partition coefficient (Wildman–Crippen LogP) is 3.65. The van der Waals surface area contributed by atoms with E-state index in [-0.39, 0.29) is 6.42 Å². The normalized spacial score (nSPS) is 14.4. The number of quaternary nitrogens is 1. The first kappa shape index (κ1) is 24.4. The zero-order valence-electron chi connectivity index (χ0n) is 17.3. The minimum atomic E-state index is -0.989. The van der Waals surface area contributed by atoms with E-state index in [4.69, 9.17) is 0 Å². The summed E-state index contributed by atoms with van der Waals surface area (Å²) in [5, 5.41) is 21.2. The van der Waals surface area contributed by atoms with Crippen LogP contribution in [0.4, 0.5) is 0 Å². The molecule has 0 radical (unpaired) electrons. The molecular formula is C21H43NO3. The van der Waals surface area contributed by atoms with Gasteiger partial charge in [0.05, 0.1) is 20.6 Å². The van der Waals surface area contributed by atoms with E-state index in [2.05, 4.69) is 21.0 Å². The molecule has 0 aliphatic heterocycles. The van der Waals surface area contributed by atoms with Crippen LogP contribution in [0.25, 0.3) is 0 Å². The second-order valence-electron chi connectivity index (χ2n) is 8.72. The quantitative estimate of drug-likeness (QED) is 0.319. The van der Waals surface area contributed by atoms with Crippen molar-refractivity contribution in [2.24, 2.45) is 0 Å². The van der Waals surface area contributed by atoms with Crippen molar-refractivity contribution in [1.82, 2.24) is 0 Å². The van der Waals surface area contributed by atoms with Crippen LogP contribution >= 0.6 is 0 Å². The SMILES string of the molecule is CCCCCCCCCCCCC(C)(O)C[N+](C)(C)CCCC(=O)[O-]. The third-order valence-corrected chi connectivity index (χ3v) is 4.98. The van der Waals surface area contributed by atoms with Gasteiger partial charge in [0.25, 0.3) is 0 Å². The molecule has 0 aliphatic carbocycles. The van der Waals surface area contributed by atoms with Crippen molar-refractivity contribution in [2.45, 2.75) is 103 Å². The molecule has 0 rings (SSSR count). The second kappa shape index (κ2) is 13.6. The average molecular weight is 358 g/mol. The summed E-state index contributed by atoms with van der Waals surface area (Å²) in [6.07, 6.45) is 14.6. The Balaban J connectivity index is 3.73. The molecule has 0 amide bonds. The number of carbonyl (C=O) groups excluding carboxylic acids is 1. The van der Waals surface area contributed by atoms with Crippen molar-refractivity contribution in [3.05, 3.63) is 0 Å². The summed E-state index contributed by atoms with van der Waals surface area (Å²) in [6.45, 7) is 5.58. The minimum Gasteiger partial charge on any atom is -0.550 e. The van der Waals surface area contributed by atoms with Crippen LogP contribution in [0.5, 0.6) is 0 Å². The summed E-state index contributed by atoms with van der Waals surface area (Å²) in [6, 6.07) is 0. The summed E-state index contributed by atoms with van der Waals surface area (Å²) in [5.41, 5.74) is -0.675. The van der Waals surface area contributed by atoms with Crippen molar-refractivity contribution >= 4 is 5.97 Å². The van der Waals surface area contributed by atoms with E-state index >= 15 is 0 Å². The first-order valence-corrected chi connectivity index (χ1v) is 10.4. The number of carboxylic acids is 1. The van der Waals surface area contributed by atoms with Crippen molar-refractivity contribution in [3.63, 3.8) is 0 Å². The van der Waals surface area contributed by atoms with Crippen molar-refractivity contribution in [3.8, 4) is 0 Å². The zero-order valence-corrected chi connectivity index (χ0v) is 17.3. The van der Waals surface area contributed by atoms with Gasteiger partial charge in [-0.1, -0.05) is 71.1 Å². The van der Waals surface area contributed by atoms with Crippen LogP contribution in [-0.2, 0) is 4.79 Å². The lowest BCUT2D eigenvalue weighted by Crippen LogP contribution is -2.51. The van der Waals surface area contributed by atoms with Gasteiger partial charge in [-0.3, -0.25) is 0 Å². The zero-order chi connectivity index (χ0) is 19.2. The number of hydrogen-bond donors (Lipinski definition) is 1. The van der Waals surface area contributed by atoms with Crippen LogP contribution in [0.15, 0.2) is 0 Å². The molecule has 0 bridgehead atoms. The molecule has 25 heavy (non-hydrogen) atoms. The van der Waals surface area contributed by atoms with Crippen LogP contribution in [0.2, 0.25) is 0 Å². The molecule has 0 heterocycles. The van der Waals surface area contributed by atoms with E-state index in [9.17, 15) is 15.0 Å². The fraction of sp³-hybridized carbons (Fsp3) is 0.952. The predicted molar refractivity (Wildman–Crippen MR) is 103 cm³/mol. The Kier molecular flexibility index (Phi) is 13.2. The van der Waals surface area contributed by atoms with E-state index < -0.39 is 11.6 Å². The standard InChI is InChI=1S/C21H43NO3/c1-5-6-7-8-9-10-11-12-13-14-17-21(2,25)19-22(3,4)18-15-16-20(23)24/h25H,5-19H2,1-4H3. The lowest BCUT2D eigenvalue weighted by atomic mass is 9.96. The lowest BCUT2D eigenvalue weighted by molar-refractivity contribution is -0.896. The molecule has 0 fully saturated rings. The van der Waals surface area contributed by atoms with Crippen molar-refractivity contribution in [1.29, 1.82) is 0 Å². The van der Waals surface area contributed by atoms with E-state index in [0.717, 1.165) is 19.4 Å². The topological polar surface area (TPSA) is 60.4 Å². The fourth-order valence-corrected chi connectivity index (χ4v) is 3.72. The van der Waals surface area contributed by atoms with Gasteiger partial charge >= 0.3 is 0 Å². The van der Waals surface area contributed by atoms with Crippen LogP contribution in [-0.4, -0.2) is 48.3 Å². The van der Waals surface area contributed by atoms with Gasteiger partial charge in [0.1, 0.15) is 12.1 Å². The maximum absolute atomic E-state index is 10.6. The van der Waals surface area contributed by atoms with Crippen LogP contribution < -0.4 is 5.11 Å². The highest BCUT2D eigenvalue weighted by atomic mass is 16.4. The smallest absolute Gasteiger partial charge is 0.111 e. The highest BCUT2D eigenvalue weighted by Gasteiger charge is 2.29. The summed E-state index contributed by atoms with van der Waals surface area (Å²) in [5.74, 6) is -0.989. The maximum atomic E-state index is 10.6. The molecule has 4 heteroatoms. The highest BCUT2D eigenvalue weighted by molar-refractivity contribution is 5.64. The highest BCUT2D eigenvalue weighted by Crippen LogP contribution is 2.20. The molecule has 0 saturated carbocycles. The minimum absolute atomic E-state index is 0.0995. The number of likely N-dealkylation sites (N-methyl/N-ethyl adjacent to an activating group) is 1. The number of aliphatic hydroxyl groups is 1. The molecule has 1 N–H and O–H groups in total. The van der Waals surface area contributed by atoms with Gasteiger partial charge in [-0.15, -0.1) is 0 Å². The number of unbranched alkanes of at least 4 members (excludes halogenated alkanes) is 9. The van der Waals surface area contributed by atoms with Gasteiger partial charge in [0, 0.05) is 12.4 Å². The van der Waals surface area contributed by atoms with Gasteiger partial charge in [0.15, 0.2) is 0 Å². The summed E-state index contributed by atoms with van der Waals surface area (Å²) in [7, 11) is 4.12. The molecule has 0 aliphatic rings. The van der Waals surface area contributed by atoms with E-state index in [1.54, 1.807) is 0 Å². The Morgan fingerprint density at radius 3 is 1.88 bits per heavy atom. The van der Waals surface area contributed by atoms with E-state index in [1.807, 2.05) is 6.92 Å². The Labute approximate surface area is 156 Å². The first-order chi connectivity index (χ1) is 11.7. The van der Waals surface area contributed by atoms with Crippen LogP contribution in [0.1, 0.15) is 97.3 Å². The van der Waals surface area contributed by atoms with Crippen molar-refractivity contribution < 1.29 is 19.5 Å². The monoisotopic (exact) mass is 357 g/mol. The largest absolute Gasteiger partial charge is 0.550 e. The van der Waals surface area contributed by atoms with Gasteiger partial charge in [-0.2, -0.15) is 0 Å². The third kappa shape index (κ3) is 16.6. The van der Waals surface area contributed by atoms with Crippen molar-refractivity contribution in [2.75, 3.05) is 27.2 Å². The third-order valence-electron chi connectivity index (χ3n) is 4.98. The molecule has 0 saturated heterocycles. The Morgan fingerprint density at radius 1 is 0.920 bits per heavy atom. The number of rotatable bonds is 17. The number of hydrogen-bond acceptors (Lipinski definition) is 3. The van der Waals surface area contributed by atoms with Crippen LogP contribution in [0, 0.1) is 0 Å². The Morgan fingerprint density at radius 2 is 1.40 bits per heavy atom. The Bertz CT molecular complexity index is 340. The molecule has 150 valence electrons. The lowest BCUT2D eigenvalue weighted by Gasteiger charge is -2.36. The molecule has 0 aromatic heterocycles. The summed E-state index contributed by atoms with van der Waals surface area (Å²) < 4.78 is 0.651. The molecule has 0 spiro atoms. The molecular weight excluding hydrogens is 314 g/mol. The number of carboxylic acid groups (broad SMARTS) is 1. The second-order valence-corrected chi connectivity index (χ2v) is 8.72. The van der Waals surface area contributed by atoms with Gasteiger partial charge in [0.2, 0.25) is 0 Å². The van der Waals surface area contributed by atoms with Gasteiger partial charge in [-0.05, 0) is 19.8 Å². The summed E-state index contributed by atoms with van der Waals surface area (Å²) in [4.78, 5) is 10.5. The first-order valence-electron chi connectivity index (χ1n) is 10.4. The van der Waals surface area contributed by atoms with E-state index in [0.29, 0.717) is 17.4 Å². The molecule has 1 unspecified atom stereocenters. The van der Waals surface area contributed by atoms with E-state index in [1.165, 1.54) is 57.8 Å². The molecule has 0 aromatic carbocycles. The van der Waals surface area contributed by atoms with Gasteiger partial charge in [-0.25, -0.2) is 0 Å². The Hall–Kier alpha value is -0.610. The summed E-state index contributed by atoms with van der Waals surface area (Å²) >= 11 is 0. The number of aliphatic carboxylic acids is 1. The molecule has 1 atom stereocenters. The molecule has 0 aromatic rings. The van der Waals surface area contributed by atoms with Crippen LogP contribution in [0.3, 0.4) is 0 Å². The average Bonchev–Trinajstić information content (AvgIpc) is 2.47. The van der Waals surface area contributed by atoms with Gasteiger partial charge < -0.3 is 19.5 Å². The maximum Gasteiger partial charge on any atom is 0.111 e. The fourth-order valence-electron chi connectivity index (χ4n) is 3.72. The number of carbonyl (C=O) groups is 1. The number of nitrogens with zero attached hydrogens (tertiary/aromatic N) is 1.